The molecule has 3 aromatic rings. The topological polar surface area (TPSA) is 112 Å². The number of nitrogens with two attached hydrogens (primary N) is 2. The molecule has 0 saturated heterocycles. The first kappa shape index (κ1) is 12.4. The van der Waals surface area contributed by atoms with Crippen molar-refractivity contribution in [2.75, 3.05) is 11.5 Å². The van der Waals surface area contributed by atoms with Crippen molar-refractivity contribution in [1.29, 1.82) is 0 Å². The molecule has 20 heavy (non-hydrogen) atoms. The minimum Gasteiger partial charge on any atom is -0.383 e. The van der Waals surface area contributed by atoms with E-state index >= 15 is 0 Å². The second-order valence-electron chi connectivity index (χ2n) is 3.95. The van der Waals surface area contributed by atoms with Crippen molar-refractivity contribution in [3.8, 4) is 0 Å². The van der Waals surface area contributed by atoms with Crippen LogP contribution < -0.4 is 11.5 Å². The van der Waals surface area contributed by atoms with Gasteiger partial charge in [-0.3, -0.25) is 9.20 Å². The van der Waals surface area contributed by atoms with E-state index in [9.17, 15) is 4.79 Å². The van der Waals surface area contributed by atoms with Crippen molar-refractivity contribution >= 4 is 35.3 Å². The molecule has 0 amide bonds. The maximum absolute atomic E-state index is 11.3. The highest BCUT2D eigenvalue weighted by atomic mass is 32.2. The summed E-state index contributed by atoms with van der Waals surface area (Å²) in [7, 11) is 0. The van der Waals surface area contributed by atoms with Gasteiger partial charge in [0.05, 0.1) is 0 Å². The number of aldehydes is 1. The van der Waals surface area contributed by atoms with Crippen LogP contribution in [0, 0.1) is 0 Å². The van der Waals surface area contributed by atoms with Crippen molar-refractivity contribution < 1.29 is 4.79 Å². The van der Waals surface area contributed by atoms with Gasteiger partial charge in [0.1, 0.15) is 28.0 Å². The third-order valence-electron chi connectivity index (χ3n) is 2.58. The van der Waals surface area contributed by atoms with Crippen LogP contribution >= 0.6 is 11.8 Å². The van der Waals surface area contributed by atoms with Crippen LogP contribution in [0.15, 0.2) is 40.6 Å². The molecule has 100 valence electrons. The molecule has 0 fully saturated rings. The molecule has 0 saturated carbocycles. The Labute approximate surface area is 118 Å². The Morgan fingerprint density at radius 3 is 2.60 bits per heavy atom. The van der Waals surface area contributed by atoms with E-state index in [-0.39, 0.29) is 11.6 Å². The monoisotopic (exact) mass is 286 g/mol. The number of rotatable bonds is 3. The average molecular weight is 286 g/mol. The van der Waals surface area contributed by atoms with Gasteiger partial charge in [-0.25, -0.2) is 15.0 Å². The van der Waals surface area contributed by atoms with E-state index in [0.717, 1.165) is 18.0 Å². The zero-order valence-corrected chi connectivity index (χ0v) is 11.0. The molecule has 0 unspecified atom stereocenters. The molecule has 0 spiro atoms. The summed E-state index contributed by atoms with van der Waals surface area (Å²) in [6.07, 6.45) is 2.52. The second kappa shape index (κ2) is 4.82. The van der Waals surface area contributed by atoms with Crippen molar-refractivity contribution in [1.82, 2.24) is 19.4 Å². The lowest BCUT2D eigenvalue weighted by atomic mass is 10.4. The first-order valence-electron chi connectivity index (χ1n) is 5.67. The zero-order chi connectivity index (χ0) is 14.1. The number of hydrogen-bond acceptors (Lipinski definition) is 7. The van der Waals surface area contributed by atoms with Gasteiger partial charge in [0.15, 0.2) is 11.4 Å². The molecule has 0 atom stereocenters. The summed E-state index contributed by atoms with van der Waals surface area (Å²) < 4.78 is 1.70. The van der Waals surface area contributed by atoms with Gasteiger partial charge in [0, 0.05) is 12.3 Å². The predicted octanol–water partition coefficient (Wildman–Crippen LogP) is 1.25. The van der Waals surface area contributed by atoms with E-state index < -0.39 is 0 Å². The van der Waals surface area contributed by atoms with E-state index in [1.807, 2.05) is 18.2 Å². The quantitative estimate of drug-likeness (QED) is 0.550. The van der Waals surface area contributed by atoms with Crippen LogP contribution in [0.4, 0.5) is 11.6 Å². The molecule has 0 aromatic carbocycles. The summed E-state index contributed by atoms with van der Waals surface area (Å²) in [5.74, 6) is 0.549. The highest BCUT2D eigenvalue weighted by Gasteiger charge is 2.14. The van der Waals surface area contributed by atoms with Crippen LogP contribution in [0.3, 0.4) is 0 Å². The van der Waals surface area contributed by atoms with E-state index in [0.29, 0.717) is 21.5 Å². The second-order valence-corrected chi connectivity index (χ2v) is 4.91. The summed E-state index contributed by atoms with van der Waals surface area (Å²) in [4.78, 5) is 23.8. The van der Waals surface area contributed by atoms with Crippen LogP contribution in [0.25, 0.3) is 5.65 Å². The molecule has 0 aliphatic heterocycles. The molecule has 0 bridgehead atoms. The van der Waals surface area contributed by atoms with E-state index in [4.69, 9.17) is 11.5 Å². The van der Waals surface area contributed by atoms with Gasteiger partial charge in [-0.1, -0.05) is 6.07 Å². The number of pyridine rings is 1. The fourth-order valence-corrected chi connectivity index (χ4v) is 2.63. The molecule has 0 radical (unpaired) electrons. The molecule has 3 aromatic heterocycles. The number of carbonyl (C=O) groups is 1. The Bertz CT molecular complexity index is 779. The summed E-state index contributed by atoms with van der Waals surface area (Å²) in [5.41, 5.74) is 12.4. The van der Waals surface area contributed by atoms with Crippen LogP contribution in [0.1, 0.15) is 10.5 Å². The SMILES string of the molecule is Nc1cc(N)nc(Sc2nc3ccccn3c2C=O)n1. The lowest BCUT2D eigenvalue weighted by Crippen LogP contribution is -1.99. The summed E-state index contributed by atoms with van der Waals surface area (Å²) in [6, 6.07) is 6.95. The Morgan fingerprint density at radius 1 is 1.15 bits per heavy atom. The Kier molecular flexibility index (Phi) is 2.99. The minimum atomic E-state index is 0.274. The lowest BCUT2D eigenvalue weighted by Gasteiger charge is -2.00. The van der Waals surface area contributed by atoms with Gasteiger partial charge in [-0.2, -0.15) is 0 Å². The van der Waals surface area contributed by atoms with Gasteiger partial charge in [-0.15, -0.1) is 0 Å². The number of imidazole rings is 1. The van der Waals surface area contributed by atoms with Gasteiger partial charge >= 0.3 is 0 Å². The van der Waals surface area contributed by atoms with Crippen LogP contribution in [-0.4, -0.2) is 25.6 Å². The third-order valence-corrected chi connectivity index (χ3v) is 3.44. The molecule has 4 N–H and O–H groups in total. The molecule has 0 aliphatic rings. The number of fused-ring (bicyclic) bond motifs is 1. The standard InChI is InChI=1S/C12H10N6OS/c13-8-5-9(14)16-12(15-8)20-11-7(6-19)18-4-2-1-3-10(18)17-11/h1-6H,(H4,13,14,15,16). The van der Waals surface area contributed by atoms with Gasteiger partial charge in [0.2, 0.25) is 0 Å². The normalized spacial score (nSPS) is 10.8. The summed E-state index contributed by atoms with van der Waals surface area (Å²) >= 11 is 1.15. The van der Waals surface area contributed by atoms with Crippen molar-refractivity contribution in [3.05, 3.63) is 36.2 Å². The maximum Gasteiger partial charge on any atom is 0.197 e. The first-order valence-corrected chi connectivity index (χ1v) is 6.49. The van der Waals surface area contributed by atoms with E-state index in [1.165, 1.54) is 6.07 Å². The number of hydrogen-bond donors (Lipinski definition) is 2. The molecular weight excluding hydrogens is 276 g/mol. The maximum atomic E-state index is 11.3. The zero-order valence-electron chi connectivity index (χ0n) is 10.2. The Balaban J connectivity index is 2.08. The third kappa shape index (κ3) is 2.16. The number of nitrogen functional groups attached to an aromatic ring is 2. The summed E-state index contributed by atoms with van der Waals surface area (Å²) in [6.45, 7) is 0. The Hall–Kier alpha value is -2.61. The summed E-state index contributed by atoms with van der Waals surface area (Å²) in [5, 5.41) is 0.866. The van der Waals surface area contributed by atoms with Crippen LogP contribution in [-0.2, 0) is 0 Å². The smallest absolute Gasteiger partial charge is 0.197 e. The minimum absolute atomic E-state index is 0.274. The van der Waals surface area contributed by atoms with Crippen LogP contribution in [0.2, 0.25) is 0 Å². The van der Waals surface area contributed by atoms with Crippen molar-refractivity contribution in [2.24, 2.45) is 0 Å². The fraction of sp³-hybridized carbons (Fsp3) is 0. The predicted molar refractivity (Wildman–Crippen MR) is 75.6 cm³/mol. The molecule has 3 heterocycles. The molecular formula is C12H10N6OS. The highest BCUT2D eigenvalue weighted by molar-refractivity contribution is 7.99. The number of aromatic nitrogens is 4. The van der Waals surface area contributed by atoms with Gasteiger partial charge in [0.25, 0.3) is 0 Å². The first-order chi connectivity index (χ1) is 9.67. The fourth-order valence-electron chi connectivity index (χ4n) is 1.77. The molecule has 0 aliphatic carbocycles. The average Bonchev–Trinajstić information content (AvgIpc) is 2.74. The molecule has 7 nitrogen and oxygen atoms in total. The lowest BCUT2D eigenvalue weighted by molar-refractivity contribution is 0.111. The number of anilines is 2. The molecule has 8 heteroatoms. The van der Waals surface area contributed by atoms with Crippen molar-refractivity contribution in [2.45, 2.75) is 10.2 Å². The van der Waals surface area contributed by atoms with Crippen LogP contribution in [0.5, 0.6) is 0 Å². The highest BCUT2D eigenvalue weighted by Crippen LogP contribution is 2.28. The Morgan fingerprint density at radius 2 is 1.90 bits per heavy atom. The van der Waals surface area contributed by atoms with E-state index in [1.54, 1.807) is 10.6 Å². The van der Waals surface area contributed by atoms with Crippen molar-refractivity contribution in [3.63, 3.8) is 0 Å². The number of carbonyl (C=O) groups excluding carboxylic acids is 1. The van der Waals surface area contributed by atoms with E-state index in [2.05, 4.69) is 15.0 Å². The van der Waals surface area contributed by atoms with Gasteiger partial charge in [-0.05, 0) is 23.9 Å². The largest absolute Gasteiger partial charge is 0.383 e. The van der Waals surface area contributed by atoms with Gasteiger partial charge < -0.3 is 11.5 Å². The number of nitrogens with zero attached hydrogens (tertiary/aromatic N) is 4. The molecule has 3 rings (SSSR count).